The highest BCUT2D eigenvalue weighted by atomic mass is 19.4. The molecule has 14 heteroatoms. The van der Waals surface area contributed by atoms with Crippen molar-refractivity contribution in [3.63, 3.8) is 0 Å². The van der Waals surface area contributed by atoms with Crippen LogP contribution in [0, 0.1) is 12.8 Å². The van der Waals surface area contributed by atoms with Crippen molar-refractivity contribution >= 4 is 34.8 Å². The average molecular weight is 631 g/mol. The van der Waals surface area contributed by atoms with Crippen LogP contribution in [0.4, 0.5) is 18.0 Å². The molecule has 2 N–H and O–H groups in total. The molecular weight excluding hydrogens is 597 g/mol. The number of ether oxygens (including phenoxy) is 2. The molecule has 0 spiro atoms. The molecule has 0 aliphatic carbocycles. The fourth-order valence-electron chi connectivity index (χ4n) is 4.74. The van der Waals surface area contributed by atoms with Gasteiger partial charge in [-0.3, -0.25) is 14.6 Å². The maximum Gasteiger partial charge on any atom is 0.493 e. The minimum atomic E-state index is -5.34. The van der Waals surface area contributed by atoms with E-state index in [4.69, 9.17) is 9.47 Å². The number of para-hydroxylation sites is 1. The van der Waals surface area contributed by atoms with Gasteiger partial charge in [-0.25, -0.2) is 9.59 Å². The molecule has 1 saturated heterocycles. The quantitative estimate of drug-likeness (QED) is 0.377. The molecule has 2 atom stereocenters. The monoisotopic (exact) mass is 630 g/mol. The summed E-state index contributed by atoms with van der Waals surface area (Å²) in [4.78, 5) is 59.3. The first-order chi connectivity index (χ1) is 21.1. The van der Waals surface area contributed by atoms with Gasteiger partial charge in [0.25, 0.3) is 11.8 Å². The van der Waals surface area contributed by atoms with Crippen LogP contribution in [0.5, 0.6) is 5.75 Å². The second-order valence-corrected chi connectivity index (χ2v) is 11.5. The predicted octanol–water partition coefficient (Wildman–Crippen LogP) is 4.61. The molecule has 1 fully saturated rings. The second kappa shape index (κ2) is 13.4. The number of carbonyl (C=O) groups is 4. The Labute approximate surface area is 257 Å². The summed E-state index contributed by atoms with van der Waals surface area (Å²) in [6.45, 7) is 6.88. The smallest absolute Gasteiger partial charge is 0.489 e. The van der Waals surface area contributed by atoms with Gasteiger partial charge in [-0.2, -0.15) is 18.7 Å². The lowest BCUT2D eigenvalue weighted by Crippen LogP contribution is -2.57. The van der Waals surface area contributed by atoms with Gasteiger partial charge in [-0.05, 0) is 70.5 Å². The number of nitrogens with one attached hydrogen (secondary N) is 2. The van der Waals surface area contributed by atoms with Crippen LogP contribution in [0.1, 0.15) is 48.8 Å². The molecule has 3 aromatic rings. The number of nitrogens with zero attached hydrogens (tertiary/aromatic N) is 2. The average Bonchev–Trinajstić information content (AvgIpc) is 2.97. The normalized spacial score (nSPS) is 16.9. The number of hydroxylamine groups is 1. The second-order valence-electron chi connectivity index (χ2n) is 11.5. The van der Waals surface area contributed by atoms with Crippen LogP contribution in [-0.4, -0.2) is 64.7 Å². The van der Waals surface area contributed by atoms with E-state index < -0.39 is 47.6 Å². The van der Waals surface area contributed by atoms with Crippen molar-refractivity contribution in [2.24, 2.45) is 5.92 Å². The number of aryl methyl sites for hydroxylation is 1. The molecule has 0 saturated carbocycles. The molecule has 240 valence electrons. The van der Waals surface area contributed by atoms with Crippen LogP contribution in [0.3, 0.4) is 0 Å². The lowest BCUT2D eigenvalue weighted by Gasteiger charge is -2.38. The zero-order valence-corrected chi connectivity index (χ0v) is 25.1. The summed E-state index contributed by atoms with van der Waals surface area (Å²) in [5, 5.41) is 3.67. The summed E-state index contributed by atoms with van der Waals surface area (Å²) in [6.07, 6.45) is -6.02. The van der Waals surface area contributed by atoms with Crippen molar-refractivity contribution in [3.05, 3.63) is 71.4 Å². The number of piperidine rings is 1. The van der Waals surface area contributed by atoms with Crippen molar-refractivity contribution in [2.75, 3.05) is 13.1 Å². The van der Waals surface area contributed by atoms with Gasteiger partial charge in [-0.1, -0.05) is 18.2 Å². The van der Waals surface area contributed by atoms with Gasteiger partial charge >= 0.3 is 18.2 Å². The van der Waals surface area contributed by atoms with Gasteiger partial charge < -0.3 is 24.5 Å². The first-order valence-electron chi connectivity index (χ1n) is 14.1. The highest BCUT2D eigenvalue weighted by Gasteiger charge is 2.43. The van der Waals surface area contributed by atoms with E-state index in [1.807, 2.05) is 37.3 Å². The summed E-state index contributed by atoms with van der Waals surface area (Å²) in [7, 11) is 0. The molecule has 0 radical (unpaired) electrons. The number of hydrogen-bond donors (Lipinski definition) is 2. The number of fused-ring (bicyclic) bond motifs is 1. The number of hydrogen-bond acceptors (Lipinski definition) is 8. The number of halogens is 3. The lowest BCUT2D eigenvalue weighted by molar-refractivity contribution is -0.208. The van der Waals surface area contributed by atoms with E-state index in [1.165, 1.54) is 22.5 Å². The van der Waals surface area contributed by atoms with Crippen LogP contribution in [0.15, 0.2) is 54.6 Å². The van der Waals surface area contributed by atoms with Crippen LogP contribution in [-0.2, 0) is 25.8 Å². The van der Waals surface area contributed by atoms with Crippen molar-refractivity contribution in [1.82, 2.24) is 20.7 Å². The van der Waals surface area contributed by atoms with Crippen LogP contribution in [0.2, 0.25) is 0 Å². The molecule has 1 aromatic heterocycles. The highest BCUT2D eigenvalue weighted by molar-refractivity contribution is 5.95. The number of benzene rings is 2. The molecule has 0 unspecified atom stereocenters. The number of amides is 3. The molecular formula is C31H33F3N4O7. The first kappa shape index (κ1) is 33.0. The number of likely N-dealkylation sites (tertiary alicyclic amines) is 1. The molecule has 3 amide bonds. The summed E-state index contributed by atoms with van der Waals surface area (Å²) in [5.74, 6) is -5.09. The summed E-state index contributed by atoms with van der Waals surface area (Å²) >= 11 is 0. The minimum absolute atomic E-state index is 0.0663. The Morgan fingerprint density at radius 2 is 1.71 bits per heavy atom. The van der Waals surface area contributed by atoms with Crippen molar-refractivity contribution in [2.45, 2.75) is 58.5 Å². The van der Waals surface area contributed by atoms with E-state index in [1.54, 1.807) is 32.9 Å². The fourth-order valence-corrected chi connectivity index (χ4v) is 4.74. The first-order valence-corrected chi connectivity index (χ1v) is 14.1. The molecule has 1 aliphatic rings. The van der Waals surface area contributed by atoms with E-state index in [0.29, 0.717) is 5.75 Å². The SMILES string of the molecule is Cc1cc(COc2ccc(C(=O)N[C@H]3CCN(C(=O)OC(C)(C)C)C[C@@H]3C(=O)NOC(=O)C(F)(F)F)cc2)c2ccccc2n1. The molecule has 2 heterocycles. The van der Waals surface area contributed by atoms with Crippen LogP contribution >= 0.6 is 0 Å². The highest BCUT2D eigenvalue weighted by Crippen LogP contribution is 2.24. The molecule has 4 rings (SSSR count). The van der Waals surface area contributed by atoms with Crippen LogP contribution < -0.4 is 15.5 Å². The van der Waals surface area contributed by atoms with Gasteiger partial charge in [-0.15, -0.1) is 0 Å². The maximum absolute atomic E-state index is 13.1. The molecule has 0 bridgehead atoms. The van der Waals surface area contributed by atoms with Crippen molar-refractivity contribution in [1.29, 1.82) is 0 Å². The Balaban J connectivity index is 1.42. The predicted molar refractivity (Wildman–Crippen MR) is 155 cm³/mol. The van der Waals surface area contributed by atoms with Gasteiger partial charge in [0.15, 0.2) is 0 Å². The van der Waals surface area contributed by atoms with Gasteiger partial charge in [0.2, 0.25) is 0 Å². The number of aromatic nitrogens is 1. The Kier molecular flexibility index (Phi) is 9.84. The maximum atomic E-state index is 13.1. The molecule has 1 aliphatic heterocycles. The van der Waals surface area contributed by atoms with E-state index >= 15 is 0 Å². The third-order valence-corrected chi connectivity index (χ3v) is 6.83. The third-order valence-electron chi connectivity index (χ3n) is 6.83. The van der Waals surface area contributed by atoms with Gasteiger partial charge in [0, 0.05) is 41.3 Å². The number of rotatable bonds is 6. The number of alkyl halides is 3. The van der Waals surface area contributed by atoms with Crippen molar-refractivity contribution < 1.29 is 46.7 Å². The van der Waals surface area contributed by atoms with E-state index in [9.17, 15) is 32.3 Å². The largest absolute Gasteiger partial charge is 0.493 e. The Bertz CT molecular complexity index is 1570. The zero-order valence-electron chi connectivity index (χ0n) is 25.1. The van der Waals surface area contributed by atoms with Crippen LogP contribution in [0.25, 0.3) is 10.9 Å². The Morgan fingerprint density at radius 1 is 1.02 bits per heavy atom. The molecule has 2 aromatic carbocycles. The molecule has 11 nitrogen and oxygen atoms in total. The summed E-state index contributed by atoms with van der Waals surface area (Å²) in [6, 6.07) is 15.0. The van der Waals surface area contributed by atoms with E-state index in [-0.39, 0.29) is 31.7 Å². The summed E-state index contributed by atoms with van der Waals surface area (Å²) < 4.78 is 49.0. The Hall–Kier alpha value is -4.88. The van der Waals surface area contributed by atoms with Gasteiger partial charge in [0.05, 0.1) is 11.4 Å². The fraction of sp³-hybridized carbons (Fsp3) is 0.387. The third kappa shape index (κ3) is 8.83. The Morgan fingerprint density at radius 3 is 2.38 bits per heavy atom. The summed E-state index contributed by atoms with van der Waals surface area (Å²) in [5.41, 5.74) is 3.53. The van der Waals surface area contributed by atoms with Gasteiger partial charge in [0.1, 0.15) is 18.0 Å². The molecule has 45 heavy (non-hydrogen) atoms. The standard InChI is InChI=1S/C31H33F3N4O7/c1-18-15-20(22-7-5-6-8-24(22)35-18)17-43-21-11-9-19(10-12-21)26(39)36-25-13-14-38(29(42)44-30(2,3)4)16-23(25)27(40)37-45-28(41)31(32,33)34/h5-12,15,23,25H,13-14,16-17H2,1-4H3,(H,36,39)(H,37,40)/t23-,25-/m0/s1. The number of pyridine rings is 1. The van der Waals surface area contributed by atoms with E-state index in [0.717, 1.165) is 22.2 Å². The number of carbonyl (C=O) groups excluding carboxylic acids is 4. The van der Waals surface area contributed by atoms with Crippen molar-refractivity contribution in [3.8, 4) is 5.75 Å². The minimum Gasteiger partial charge on any atom is -0.489 e. The zero-order chi connectivity index (χ0) is 32.9. The van der Waals surface area contributed by atoms with E-state index in [2.05, 4.69) is 15.1 Å². The lowest BCUT2D eigenvalue weighted by atomic mass is 9.91. The topological polar surface area (TPSA) is 136 Å².